The molecule has 0 aliphatic carbocycles. The molecule has 116 valence electrons. The molecule has 0 saturated carbocycles. The molecule has 0 spiro atoms. The zero-order valence-electron chi connectivity index (χ0n) is 13.1. The van der Waals surface area contributed by atoms with Crippen LogP contribution in [0.15, 0.2) is 24.3 Å². The van der Waals surface area contributed by atoms with Gasteiger partial charge < -0.3 is 11.1 Å². The Morgan fingerprint density at radius 1 is 1.38 bits per heavy atom. The van der Waals surface area contributed by atoms with Gasteiger partial charge in [0.25, 0.3) is 0 Å². The molecular formula is C17H27N3O. The molecule has 1 fully saturated rings. The van der Waals surface area contributed by atoms with Crippen molar-refractivity contribution in [3.05, 3.63) is 29.8 Å². The first-order valence-electron chi connectivity index (χ1n) is 7.89. The SMILES string of the molecule is CC(C)CNC(=O)C1CCN(Cc2cccc(N)c2)CC1. The Labute approximate surface area is 127 Å². The first-order chi connectivity index (χ1) is 10.0. The smallest absolute Gasteiger partial charge is 0.223 e. The van der Waals surface area contributed by atoms with Crippen LogP contribution in [0.2, 0.25) is 0 Å². The highest BCUT2D eigenvalue weighted by molar-refractivity contribution is 5.78. The lowest BCUT2D eigenvalue weighted by Gasteiger charge is -2.31. The molecule has 0 unspecified atom stereocenters. The Morgan fingerprint density at radius 3 is 2.71 bits per heavy atom. The maximum Gasteiger partial charge on any atom is 0.223 e. The van der Waals surface area contributed by atoms with Crippen molar-refractivity contribution in [3.63, 3.8) is 0 Å². The third kappa shape index (κ3) is 5.05. The van der Waals surface area contributed by atoms with Gasteiger partial charge in [0.2, 0.25) is 5.91 Å². The number of likely N-dealkylation sites (tertiary alicyclic amines) is 1. The van der Waals surface area contributed by atoms with Gasteiger partial charge in [0.15, 0.2) is 0 Å². The number of amides is 1. The van der Waals surface area contributed by atoms with Crippen LogP contribution in [0.3, 0.4) is 0 Å². The number of nitrogens with zero attached hydrogens (tertiary/aromatic N) is 1. The summed E-state index contributed by atoms with van der Waals surface area (Å²) >= 11 is 0. The van der Waals surface area contributed by atoms with Crippen molar-refractivity contribution in [2.75, 3.05) is 25.4 Å². The van der Waals surface area contributed by atoms with E-state index < -0.39 is 0 Å². The van der Waals surface area contributed by atoms with Gasteiger partial charge in [-0.1, -0.05) is 26.0 Å². The van der Waals surface area contributed by atoms with Gasteiger partial charge in [-0.2, -0.15) is 0 Å². The summed E-state index contributed by atoms with van der Waals surface area (Å²) in [5.74, 6) is 0.922. The molecule has 3 N–H and O–H groups in total. The molecule has 1 aliphatic rings. The van der Waals surface area contributed by atoms with Gasteiger partial charge in [0.1, 0.15) is 0 Å². The molecule has 1 aromatic carbocycles. The second kappa shape index (κ2) is 7.46. The molecule has 0 bridgehead atoms. The predicted molar refractivity (Wildman–Crippen MR) is 86.7 cm³/mol. The number of carbonyl (C=O) groups excluding carboxylic acids is 1. The first-order valence-corrected chi connectivity index (χ1v) is 7.89. The lowest BCUT2D eigenvalue weighted by Crippen LogP contribution is -2.41. The lowest BCUT2D eigenvalue weighted by molar-refractivity contribution is -0.126. The zero-order valence-corrected chi connectivity index (χ0v) is 13.1. The van der Waals surface area contributed by atoms with Crippen LogP contribution in [0.4, 0.5) is 5.69 Å². The van der Waals surface area contributed by atoms with E-state index in [-0.39, 0.29) is 11.8 Å². The van der Waals surface area contributed by atoms with Gasteiger partial charge in [0.05, 0.1) is 0 Å². The Hall–Kier alpha value is -1.55. The Balaban J connectivity index is 1.76. The van der Waals surface area contributed by atoms with Crippen LogP contribution < -0.4 is 11.1 Å². The normalized spacial score (nSPS) is 17.1. The Morgan fingerprint density at radius 2 is 2.10 bits per heavy atom. The van der Waals surface area contributed by atoms with Gasteiger partial charge in [-0.05, 0) is 49.5 Å². The summed E-state index contributed by atoms with van der Waals surface area (Å²) in [6, 6.07) is 8.05. The van der Waals surface area contributed by atoms with E-state index in [0.29, 0.717) is 5.92 Å². The van der Waals surface area contributed by atoms with E-state index in [9.17, 15) is 4.79 Å². The summed E-state index contributed by atoms with van der Waals surface area (Å²) in [7, 11) is 0. The van der Waals surface area contributed by atoms with Crippen LogP contribution in [-0.2, 0) is 11.3 Å². The number of anilines is 1. The molecule has 0 aromatic heterocycles. The molecule has 4 heteroatoms. The molecular weight excluding hydrogens is 262 g/mol. The number of nitrogen functional groups attached to an aromatic ring is 1. The maximum atomic E-state index is 12.1. The molecule has 0 radical (unpaired) electrons. The van der Waals surface area contributed by atoms with E-state index in [1.54, 1.807) is 0 Å². The van der Waals surface area contributed by atoms with Crippen molar-refractivity contribution in [2.45, 2.75) is 33.2 Å². The van der Waals surface area contributed by atoms with E-state index in [4.69, 9.17) is 5.73 Å². The zero-order chi connectivity index (χ0) is 15.2. The fourth-order valence-corrected chi connectivity index (χ4v) is 2.75. The van der Waals surface area contributed by atoms with Crippen molar-refractivity contribution >= 4 is 11.6 Å². The molecule has 1 aliphatic heterocycles. The number of nitrogens with one attached hydrogen (secondary N) is 1. The van der Waals surface area contributed by atoms with Crippen molar-refractivity contribution < 1.29 is 4.79 Å². The molecule has 1 saturated heterocycles. The van der Waals surface area contributed by atoms with E-state index in [2.05, 4.69) is 30.1 Å². The average molecular weight is 289 g/mol. The second-order valence-electron chi connectivity index (χ2n) is 6.43. The fourth-order valence-electron chi connectivity index (χ4n) is 2.75. The van der Waals surface area contributed by atoms with Gasteiger partial charge in [-0.15, -0.1) is 0 Å². The summed E-state index contributed by atoms with van der Waals surface area (Å²) in [6.45, 7) is 7.90. The highest BCUT2D eigenvalue weighted by Crippen LogP contribution is 2.20. The molecule has 4 nitrogen and oxygen atoms in total. The van der Waals surface area contributed by atoms with Crippen molar-refractivity contribution in [3.8, 4) is 0 Å². The number of piperidine rings is 1. The largest absolute Gasteiger partial charge is 0.399 e. The summed E-state index contributed by atoms with van der Waals surface area (Å²) in [5.41, 5.74) is 7.87. The van der Waals surface area contributed by atoms with Crippen molar-refractivity contribution in [1.29, 1.82) is 0 Å². The van der Waals surface area contributed by atoms with E-state index in [1.165, 1.54) is 5.56 Å². The maximum absolute atomic E-state index is 12.1. The van der Waals surface area contributed by atoms with Crippen LogP contribution in [0.5, 0.6) is 0 Å². The number of rotatable bonds is 5. The molecule has 0 atom stereocenters. The monoisotopic (exact) mass is 289 g/mol. The minimum atomic E-state index is 0.181. The van der Waals surface area contributed by atoms with Crippen LogP contribution in [0, 0.1) is 11.8 Å². The average Bonchev–Trinajstić information content (AvgIpc) is 2.45. The molecule has 1 amide bonds. The lowest BCUT2D eigenvalue weighted by atomic mass is 9.95. The van der Waals surface area contributed by atoms with E-state index >= 15 is 0 Å². The number of nitrogens with two attached hydrogens (primary N) is 1. The Bertz CT molecular complexity index is 465. The first kappa shape index (κ1) is 15.8. The quantitative estimate of drug-likeness (QED) is 0.817. The second-order valence-corrected chi connectivity index (χ2v) is 6.43. The van der Waals surface area contributed by atoms with Crippen LogP contribution in [0.1, 0.15) is 32.3 Å². The minimum Gasteiger partial charge on any atom is -0.399 e. The summed E-state index contributed by atoms with van der Waals surface area (Å²) in [4.78, 5) is 14.5. The summed E-state index contributed by atoms with van der Waals surface area (Å²) in [5, 5.41) is 3.05. The number of hydrogen-bond donors (Lipinski definition) is 2. The van der Waals surface area contributed by atoms with Crippen LogP contribution in [0.25, 0.3) is 0 Å². The summed E-state index contributed by atoms with van der Waals surface area (Å²) in [6.07, 6.45) is 1.90. The van der Waals surface area contributed by atoms with Gasteiger partial charge in [-0.25, -0.2) is 0 Å². The molecule has 21 heavy (non-hydrogen) atoms. The Kier molecular flexibility index (Phi) is 5.62. The van der Waals surface area contributed by atoms with Crippen molar-refractivity contribution in [2.24, 2.45) is 11.8 Å². The number of carbonyl (C=O) groups is 1. The number of benzene rings is 1. The van der Waals surface area contributed by atoms with Crippen molar-refractivity contribution in [1.82, 2.24) is 10.2 Å². The molecule has 1 aromatic rings. The van der Waals surface area contributed by atoms with Crippen LogP contribution >= 0.6 is 0 Å². The number of hydrogen-bond acceptors (Lipinski definition) is 3. The molecule has 1 heterocycles. The van der Waals surface area contributed by atoms with E-state index in [0.717, 1.165) is 44.7 Å². The van der Waals surface area contributed by atoms with Gasteiger partial charge in [-0.3, -0.25) is 9.69 Å². The highest BCUT2D eigenvalue weighted by atomic mass is 16.1. The predicted octanol–water partition coefficient (Wildman–Crippen LogP) is 2.25. The third-order valence-electron chi connectivity index (χ3n) is 4.00. The standard InChI is InChI=1S/C17H27N3O/c1-13(2)11-19-17(21)15-6-8-20(9-7-15)12-14-4-3-5-16(18)10-14/h3-5,10,13,15H,6-9,11-12,18H2,1-2H3,(H,19,21). The summed E-state index contributed by atoms with van der Waals surface area (Å²) < 4.78 is 0. The topological polar surface area (TPSA) is 58.4 Å². The molecule has 2 rings (SSSR count). The van der Waals surface area contributed by atoms with Gasteiger partial charge in [0, 0.05) is 24.7 Å². The third-order valence-corrected chi connectivity index (χ3v) is 4.00. The van der Waals surface area contributed by atoms with E-state index in [1.807, 2.05) is 18.2 Å². The fraction of sp³-hybridized carbons (Fsp3) is 0.588. The minimum absolute atomic E-state index is 0.181. The van der Waals surface area contributed by atoms with Crippen LogP contribution in [-0.4, -0.2) is 30.4 Å². The highest BCUT2D eigenvalue weighted by Gasteiger charge is 2.24. The van der Waals surface area contributed by atoms with Gasteiger partial charge >= 0.3 is 0 Å².